The van der Waals surface area contributed by atoms with Crippen molar-refractivity contribution in [3.05, 3.63) is 29.5 Å². The number of piperidine rings is 3. The third-order valence-corrected chi connectivity index (χ3v) is 5.60. The van der Waals surface area contributed by atoms with Crippen molar-refractivity contribution in [3.8, 4) is 0 Å². The number of hydrogen-bond donors (Lipinski definition) is 3. The molecule has 0 saturated carbocycles. The van der Waals surface area contributed by atoms with Crippen molar-refractivity contribution in [2.45, 2.75) is 38.3 Å². The third-order valence-electron chi connectivity index (χ3n) is 5.60. The maximum absolute atomic E-state index is 12.8. The van der Waals surface area contributed by atoms with E-state index in [-0.39, 0.29) is 18.5 Å². The average Bonchev–Trinajstić information content (AvgIpc) is 3.13. The molecule has 2 aromatic rings. The zero-order valence-electron chi connectivity index (χ0n) is 16.2. The van der Waals surface area contributed by atoms with E-state index < -0.39 is 0 Å². The number of aryl methyl sites for hydroxylation is 1. The summed E-state index contributed by atoms with van der Waals surface area (Å²) in [6, 6.07) is 6.17. The number of benzene rings is 1. The molecule has 152 valence electrons. The second kappa shape index (κ2) is 9.66. The highest BCUT2D eigenvalue weighted by atomic mass is 16.5. The normalized spacial score (nSPS) is 23.1. The quantitative estimate of drug-likeness (QED) is 0.516. The van der Waals surface area contributed by atoms with Gasteiger partial charge in [0, 0.05) is 32.2 Å². The number of amides is 1. The molecule has 8 nitrogen and oxygen atoms in total. The number of nitrogens with one attached hydrogen (secondary N) is 2. The van der Waals surface area contributed by atoms with E-state index in [9.17, 15) is 4.79 Å². The molecule has 4 heterocycles. The molecule has 8 heteroatoms. The van der Waals surface area contributed by atoms with Gasteiger partial charge in [-0.2, -0.15) is 5.10 Å². The van der Waals surface area contributed by atoms with Crippen LogP contribution in [0.5, 0.6) is 0 Å². The number of carbonyl (C=O) groups excluding carboxylic acids is 1. The van der Waals surface area contributed by atoms with Crippen LogP contribution in [0, 0.1) is 5.92 Å². The van der Waals surface area contributed by atoms with Gasteiger partial charge in [0.2, 0.25) is 0 Å². The molecule has 3 aliphatic heterocycles. The number of aromatic nitrogens is 2. The summed E-state index contributed by atoms with van der Waals surface area (Å²) in [5.74, 6) is 0.691. The van der Waals surface area contributed by atoms with E-state index in [1.165, 1.54) is 18.4 Å². The predicted molar refractivity (Wildman–Crippen MR) is 105 cm³/mol. The zero-order chi connectivity index (χ0) is 19.9. The summed E-state index contributed by atoms with van der Waals surface area (Å²) in [5, 5.41) is 18.3. The lowest BCUT2D eigenvalue weighted by Gasteiger charge is -2.45. The zero-order valence-corrected chi connectivity index (χ0v) is 16.2. The van der Waals surface area contributed by atoms with Crippen molar-refractivity contribution in [1.29, 1.82) is 0 Å². The molecular weight excluding hydrogens is 360 g/mol. The van der Waals surface area contributed by atoms with Gasteiger partial charge in [0.05, 0.1) is 11.7 Å². The molecule has 3 aliphatic rings. The highest BCUT2D eigenvalue weighted by Crippen LogP contribution is 2.30. The largest absolute Gasteiger partial charge is 0.483 e. The highest BCUT2D eigenvalue weighted by Gasteiger charge is 2.34. The fourth-order valence-electron chi connectivity index (χ4n) is 4.15. The second-order valence-corrected chi connectivity index (χ2v) is 7.36. The Bertz CT molecular complexity index is 799. The molecule has 1 atom stereocenters. The lowest BCUT2D eigenvalue weighted by atomic mass is 9.86. The number of methoxy groups -OCH3 is 1. The van der Waals surface area contributed by atoms with Crippen LogP contribution in [0.2, 0.25) is 0 Å². The maximum atomic E-state index is 12.8. The summed E-state index contributed by atoms with van der Waals surface area (Å²) in [6.07, 6.45) is 5.67. The number of H-pyrrole nitrogens is 1. The summed E-state index contributed by atoms with van der Waals surface area (Å²) in [7, 11) is 1.72. The van der Waals surface area contributed by atoms with Crippen LogP contribution in [0.4, 0.5) is 0 Å². The van der Waals surface area contributed by atoms with Crippen molar-refractivity contribution in [1.82, 2.24) is 20.4 Å². The fourth-order valence-corrected chi connectivity index (χ4v) is 4.15. The maximum Gasteiger partial charge on any atom is 0.290 e. The molecule has 3 N–H and O–H groups in total. The number of rotatable bonds is 6. The molecule has 28 heavy (non-hydrogen) atoms. The van der Waals surface area contributed by atoms with E-state index in [4.69, 9.17) is 14.6 Å². The summed E-state index contributed by atoms with van der Waals surface area (Å²) >= 11 is 0. The number of hydrogen-bond acceptors (Lipinski definition) is 5. The minimum Gasteiger partial charge on any atom is -0.483 e. The molecule has 3 saturated heterocycles. The second-order valence-electron chi connectivity index (χ2n) is 7.36. The van der Waals surface area contributed by atoms with Gasteiger partial charge in [-0.15, -0.1) is 0 Å². The molecule has 0 spiro atoms. The van der Waals surface area contributed by atoms with E-state index >= 15 is 0 Å². The molecule has 0 radical (unpaired) electrons. The average molecular weight is 388 g/mol. The van der Waals surface area contributed by atoms with Crippen LogP contribution >= 0.6 is 0 Å². The molecule has 3 fully saturated rings. The van der Waals surface area contributed by atoms with Gasteiger partial charge < -0.3 is 15.2 Å². The van der Waals surface area contributed by atoms with Gasteiger partial charge in [0.15, 0.2) is 5.69 Å². The van der Waals surface area contributed by atoms with Crippen LogP contribution in [-0.4, -0.2) is 65.6 Å². The molecule has 0 aliphatic carbocycles. The Labute approximate surface area is 164 Å². The van der Waals surface area contributed by atoms with Gasteiger partial charge >= 0.3 is 0 Å². The van der Waals surface area contributed by atoms with Crippen LogP contribution in [0.3, 0.4) is 0 Å². The molecule has 2 bridgehead atoms. The Kier molecular flexibility index (Phi) is 7.00. The van der Waals surface area contributed by atoms with Gasteiger partial charge in [0.25, 0.3) is 12.4 Å². The van der Waals surface area contributed by atoms with Crippen LogP contribution in [0.25, 0.3) is 10.9 Å². The van der Waals surface area contributed by atoms with E-state index in [2.05, 4.69) is 32.5 Å². The smallest absolute Gasteiger partial charge is 0.290 e. The first-order valence-corrected chi connectivity index (χ1v) is 9.75. The van der Waals surface area contributed by atoms with Gasteiger partial charge in [-0.3, -0.25) is 19.6 Å². The molecule has 1 amide bonds. The first-order valence-electron chi connectivity index (χ1n) is 9.75. The van der Waals surface area contributed by atoms with Crippen LogP contribution in [-0.2, 0) is 16.0 Å². The Morgan fingerprint density at radius 3 is 2.82 bits per heavy atom. The van der Waals surface area contributed by atoms with E-state index in [0.717, 1.165) is 55.8 Å². The minimum atomic E-state index is -0.250. The Morgan fingerprint density at radius 1 is 1.43 bits per heavy atom. The Hall–Kier alpha value is -2.45. The van der Waals surface area contributed by atoms with Crippen LogP contribution < -0.4 is 5.32 Å². The van der Waals surface area contributed by atoms with E-state index in [0.29, 0.717) is 5.69 Å². The van der Waals surface area contributed by atoms with Gasteiger partial charge in [0.1, 0.15) is 0 Å². The predicted octanol–water partition coefficient (Wildman–Crippen LogP) is 2.01. The number of aromatic amines is 1. The molecule has 5 rings (SSSR count). The summed E-state index contributed by atoms with van der Waals surface area (Å²) < 4.78 is 5.12. The van der Waals surface area contributed by atoms with Gasteiger partial charge in [-0.25, -0.2) is 0 Å². The molecule has 0 unspecified atom stereocenters. The van der Waals surface area contributed by atoms with Gasteiger partial charge in [-0.1, -0.05) is 6.07 Å². The van der Waals surface area contributed by atoms with Crippen LogP contribution in [0.15, 0.2) is 18.2 Å². The Balaban J connectivity index is 0.000000706. The number of nitrogens with zero attached hydrogens (tertiary/aromatic N) is 2. The van der Waals surface area contributed by atoms with Crippen molar-refractivity contribution in [2.75, 3.05) is 26.8 Å². The Morgan fingerprint density at radius 2 is 2.18 bits per heavy atom. The summed E-state index contributed by atoms with van der Waals surface area (Å²) in [4.78, 5) is 23.5. The summed E-state index contributed by atoms with van der Waals surface area (Å²) in [5.41, 5.74) is 2.62. The van der Waals surface area contributed by atoms with Crippen molar-refractivity contribution >= 4 is 23.3 Å². The van der Waals surface area contributed by atoms with Crippen molar-refractivity contribution in [2.24, 2.45) is 5.92 Å². The number of carbonyl (C=O) groups is 2. The first kappa shape index (κ1) is 20.3. The standard InChI is InChI=1S/C19H26N4O2.CH2O2/c1-25-10-2-3-13-4-5-16-15(11-13)18(22-21-16)19(24)20-17-12-14-6-8-23(17)9-7-14;2-1-3/h4-5,11,14,17H,2-3,6-10,12H2,1H3,(H,20,24)(H,21,22);1H,(H,2,3)/t17-;/m1./s1. The topological polar surface area (TPSA) is 108 Å². The van der Waals surface area contributed by atoms with Crippen LogP contribution in [0.1, 0.15) is 41.7 Å². The minimum absolute atomic E-state index is 0.0714. The number of ether oxygens (including phenoxy) is 1. The molecule has 1 aromatic heterocycles. The lowest BCUT2D eigenvalue weighted by molar-refractivity contribution is -0.122. The SMILES string of the molecule is COCCCc1ccc2[nH]nc(C(=O)N[C@H]3CC4CCN3CC4)c2c1.O=CO. The highest BCUT2D eigenvalue weighted by molar-refractivity contribution is 6.04. The molecule has 1 aromatic carbocycles. The lowest BCUT2D eigenvalue weighted by Crippen LogP contribution is -2.56. The first-order chi connectivity index (χ1) is 13.7. The number of carboxylic acid groups (broad SMARTS) is 1. The van der Waals surface area contributed by atoms with E-state index in [1.54, 1.807) is 7.11 Å². The third kappa shape index (κ3) is 4.69. The number of fused-ring (bicyclic) bond motifs is 4. The summed E-state index contributed by atoms with van der Waals surface area (Å²) in [6.45, 7) is 2.69. The fraction of sp³-hybridized carbons (Fsp3) is 0.550. The van der Waals surface area contributed by atoms with E-state index in [1.807, 2.05) is 6.07 Å². The van der Waals surface area contributed by atoms with Gasteiger partial charge in [-0.05, 0) is 55.7 Å². The van der Waals surface area contributed by atoms with Crippen molar-refractivity contribution in [3.63, 3.8) is 0 Å². The molecular formula is C20H28N4O4. The van der Waals surface area contributed by atoms with Crippen molar-refractivity contribution < 1.29 is 19.4 Å². The monoisotopic (exact) mass is 388 g/mol.